The maximum absolute atomic E-state index is 13.7. The number of hydrogen-bond acceptors (Lipinski definition) is 3. The zero-order valence-electron chi connectivity index (χ0n) is 12.4. The standard InChI is InChI=1S/C15H20FN3OS/c1-3-9-21-10-14(20)17-8-7-13-18-15-11(16)5-4-6-12(15)19(13)2/h4-6H,3,7-10H2,1-2H3,(H,17,20). The third-order valence-corrected chi connectivity index (χ3v) is 4.37. The molecule has 6 heteroatoms. The van der Waals surface area contributed by atoms with E-state index < -0.39 is 0 Å². The molecule has 21 heavy (non-hydrogen) atoms. The Kier molecular flexibility index (Phi) is 5.61. The van der Waals surface area contributed by atoms with Gasteiger partial charge in [0.05, 0.1) is 11.3 Å². The van der Waals surface area contributed by atoms with Crippen molar-refractivity contribution in [3.63, 3.8) is 0 Å². The minimum atomic E-state index is -0.311. The van der Waals surface area contributed by atoms with Gasteiger partial charge in [-0.15, -0.1) is 0 Å². The van der Waals surface area contributed by atoms with Crippen LogP contribution in [0.3, 0.4) is 0 Å². The molecule has 1 aromatic heterocycles. The topological polar surface area (TPSA) is 46.9 Å². The number of benzene rings is 1. The average Bonchev–Trinajstić information content (AvgIpc) is 2.78. The van der Waals surface area contributed by atoms with Gasteiger partial charge < -0.3 is 9.88 Å². The fourth-order valence-electron chi connectivity index (χ4n) is 2.13. The Morgan fingerprint density at radius 3 is 3.00 bits per heavy atom. The average molecular weight is 309 g/mol. The molecule has 0 radical (unpaired) electrons. The van der Waals surface area contributed by atoms with Crippen LogP contribution in [0.25, 0.3) is 11.0 Å². The summed E-state index contributed by atoms with van der Waals surface area (Å²) in [6.07, 6.45) is 1.66. The second-order valence-corrected chi connectivity index (χ2v) is 5.95. The summed E-state index contributed by atoms with van der Waals surface area (Å²) in [5.74, 6) is 1.99. The molecular weight excluding hydrogens is 289 g/mol. The van der Waals surface area contributed by atoms with Crippen LogP contribution in [0.15, 0.2) is 18.2 Å². The quantitative estimate of drug-likeness (QED) is 0.800. The van der Waals surface area contributed by atoms with Crippen molar-refractivity contribution in [2.45, 2.75) is 19.8 Å². The zero-order chi connectivity index (χ0) is 15.2. The lowest BCUT2D eigenvalue weighted by atomic mass is 10.3. The zero-order valence-corrected chi connectivity index (χ0v) is 13.2. The molecule has 0 aliphatic rings. The number of fused-ring (bicyclic) bond motifs is 1. The van der Waals surface area contributed by atoms with E-state index in [0.717, 1.165) is 23.5 Å². The number of aryl methyl sites for hydroxylation is 1. The summed E-state index contributed by atoms with van der Waals surface area (Å²) in [6.45, 7) is 2.61. The highest BCUT2D eigenvalue weighted by atomic mass is 32.2. The van der Waals surface area contributed by atoms with Crippen LogP contribution in [0.2, 0.25) is 0 Å². The van der Waals surface area contributed by atoms with Crippen molar-refractivity contribution in [3.05, 3.63) is 29.8 Å². The molecule has 1 heterocycles. The predicted molar refractivity (Wildman–Crippen MR) is 85.0 cm³/mol. The first-order valence-corrected chi connectivity index (χ1v) is 8.23. The van der Waals surface area contributed by atoms with Gasteiger partial charge in [0.25, 0.3) is 0 Å². The number of aromatic nitrogens is 2. The lowest BCUT2D eigenvalue weighted by Crippen LogP contribution is -2.28. The second kappa shape index (κ2) is 7.45. The van der Waals surface area contributed by atoms with Crippen LogP contribution in [0.5, 0.6) is 0 Å². The maximum atomic E-state index is 13.7. The molecule has 1 aromatic carbocycles. The second-order valence-electron chi connectivity index (χ2n) is 4.85. The van der Waals surface area contributed by atoms with E-state index >= 15 is 0 Å². The van der Waals surface area contributed by atoms with Gasteiger partial charge in [-0.1, -0.05) is 13.0 Å². The van der Waals surface area contributed by atoms with Gasteiger partial charge in [0.1, 0.15) is 11.3 Å². The molecule has 0 unspecified atom stereocenters. The third kappa shape index (κ3) is 3.97. The van der Waals surface area contributed by atoms with E-state index in [2.05, 4.69) is 17.2 Å². The predicted octanol–water partition coefficient (Wildman–Crippen LogP) is 2.51. The molecule has 114 valence electrons. The van der Waals surface area contributed by atoms with Crippen LogP contribution in [-0.2, 0) is 18.3 Å². The molecule has 0 fully saturated rings. The first-order valence-electron chi connectivity index (χ1n) is 7.07. The van der Waals surface area contributed by atoms with Crippen molar-refractivity contribution >= 4 is 28.7 Å². The molecule has 0 spiro atoms. The van der Waals surface area contributed by atoms with E-state index in [9.17, 15) is 9.18 Å². The van der Waals surface area contributed by atoms with Gasteiger partial charge in [-0.3, -0.25) is 4.79 Å². The fourth-order valence-corrected chi connectivity index (χ4v) is 2.85. The van der Waals surface area contributed by atoms with Crippen LogP contribution in [-0.4, -0.2) is 33.5 Å². The van der Waals surface area contributed by atoms with Gasteiger partial charge in [-0.25, -0.2) is 9.37 Å². The SMILES string of the molecule is CCCSCC(=O)NCCc1nc2c(F)cccc2n1C. The van der Waals surface area contributed by atoms with Crippen molar-refractivity contribution in [2.75, 3.05) is 18.1 Å². The van der Waals surface area contributed by atoms with Crippen LogP contribution in [0.1, 0.15) is 19.2 Å². The summed E-state index contributed by atoms with van der Waals surface area (Å²) in [5.41, 5.74) is 1.16. The lowest BCUT2D eigenvalue weighted by Gasteiger charge is -2.05. The summed E-state index contributed by atoms with van der Waals surface area (Å²) in [6, 6.07) is 4.93. The van der Waals surface area contributed by atoms with Gasteiger partial charge in [-0.2, -0.15) is 11.8 Å². The van der Waals surface area contributed by atoms with Crippen LogP contribution < -0.4 is 5.32 Å². The Hall–Kier alpha value is -1.56. The summed E-state index contributed by atoms with van der Waals surface area (Å²) < 4.78 is 15.5. The fraction of sp³-hybridized carbons (Fsp3) is 0.467. The van der Waals surface area contributed by atoms with Crippen molar-refractivity contribution in [1.29, 1.82) is 0 Å². The molecule has 1 N–H and O–H groups in total. The first kappa shape index (κ1) is 15.8. The smallest absolute Gasteiger partial charge is 0.230 e. The molecule has 2 aromatic rings. The third-order valence-electron chi connectivity index (χ3n) is 3.21. The van der Waals surface area contributed by atoms with Gasteiger partial charge in [0, 0.05) is 20.0 Å². The largest absolute Gasteiger partial charge is 0.355 e. The molecule has 0 saturated heterocycles. The van der Waals surface area contributed by atoms with Crippen molar-refractivity contribution in [2.24, 2.45) is 7.05 Å². The molecule has 0 aliphatic heterocycles. The van der Waals surface area contributed by atoms with E-state index in [1.807, 2.05) is 17.7 Å². The molecule has 0 atom stereocenters. The number of hydrogen-bond donors (Lipinski definition) is 1. The van der Waals surface area contributed by atoms with Gasteiger partial charge in [0.15, 0.2) is 5.82 Å². The molecular formula is C15H20FN3OS. The highest BCUT2D eigenvalue weighted by molar-refractivity contribution is 7.99. The molecule has 0 bridgehead atoms. The Bertz CT molecular complexity index is 627. The number of nitrogens with zero attached hydrogens (tertiary/aromatic N) is 2. The minimum Gasteiger partial charge on any atom is -0.355 e. The Morgan fingerprint density at radius 1 is 1.48 bits per heavy atom. The number of thioether (sulfide) groups is 1. The maximum Gasteiger partial charge on any atom is 0.230 e. The van der Waals surface area contributed by atoms with Gasteiger partial charge >= 0.3 is 0 Å². The number of carbonyl (C=O) groups is 1. The molecule has 2 rings (SSSR count). The van der Waals surface area contributed by atoms with Crippen molar-refractivity contribution < 1.29 is 9.18 Å². The van der Waals surface area contributed by atoms with Gasteiger partial charge in [-0.05, 0) is 24.3 Å². The molecule has 0 saturated carbocycles. The van der Waals surface area contributed by atoms with Crippen molar-refractivity contribution in [3.8, 4) is 0 Å². The lowest BCUT2D eigenvalue weighted by molar-refractivity contribution is -0.118. The van der Waals surface area contributed by atoms with Crippen molar-refractivity contribution in [1.82, 2.24) is 14.9 Å². The summed E-state index contributed by atoms with van der Waals surface area (Å²) in [5, 5.41) is 2.87. The normalized spacial score (nSPS) is 11.0. The first-order chi connectivity index (χ1) is 10.1. The number of nitrogens with one attached hydrogen (secondary N) is 1. The Labute approximate surface area is 128 Å². The number of imidazole rings is 1. The van der Waals surface area contributed by atoms with E-state index in [-0.39, 0.29) is 11.7 Å². The van der Waals surface area contributed by atoms with E-state index in [1.165, 1.54) is 6.07 Å². The minimum absolute atomic E-state index is 0.0402. The number of rotatable bonds is 7. The van der Waals surface area contributed by atoms with Gasteiger partial charge in [0.2, 0.25) is 5.91 Å². The monoisotopic (exact) mass is 309 g/mol. The highest BCUT2D eigenvalue weighted by Crippen LogP contribution is 2.17. The number of para-hydroxylation sites is 1. The number of amides is 1. The number of carbonyl (C=O) groups excluding carboxylic acids is 1. The summed E-state index contributed by atoms with van der Waals surface area (Å²) >= 11 is 1.63. The summed E-state index contributed by atoms with van der Waals surface area (Å²) in [7, 11) is 1.86. The highest BCUT2D eigenvalue weighted by Gasteiger charge is 2.11. The van der Waals surface area contributed by atoms with E-state index in [0.29, 0.717) is 24.2 Å². The number of halogens is 1. The van der Waals surface area contributed by atoms with Crippen LogP contribution in [0, 0.1) is 5.82 Å². The van der Waals surface area contributed by atoms with Crippen LogP contribution >= 0.6 is 11.8 Å². The van der Waals surface area contributed by atoms with Crippen LogP contribution in [0.4, 0.5) is 4.39 Å². The molecule has 1 amide bonds. The summed E-state index contributed by atoms with van der Waals surface area (Å²) in [4.78, 5) is 15.9. The van der Waals surface area contributed by atoms with E-state index in [1.54, 1.807) is 17.8 Å². The molecule has 4 nitrogen and oxygen atoms in total. The Balaban J connectivity index is 1.91. The molecule has 0 aliphatic carbocycles. The van der Waals surface area contributed by atoms with E-state index in [4.69, 9.17) is 0 Å². The Morgan fingerprint density at radius 2 is 2.29 bits per heavy atom.